The minimum atomic E-state index is -0.725. The molecule has 10 heteroatoms. The summed E-state index contributed by atoms with van der Waals surface area (Å²) in [5, 5.41) is 10.9. The van der Waals surface area contributed by atoms with Gasteiger partial charge < -0.3 is 5.11 Å². The number of nitrogens with zero attached hydrogens (tertiary/aromatic N) is 4. The van der Waals surface area contributed by atoms with E-state index in [9.17, 15) is 19.5 Å². The third-order valence-corrected chi connectivity index (χ3v) is 5.05. The molecule has 3 aromatic rings. The molecule has 140 valence electrons. The predicted molar refractivity (Wildman–Crippen MR) is 105 cm³/mol. The number of pyridine rings is 1. The van der Waals surface area contributed by atoms with Crippen LogP contribution in [0.3, 0.4) is 0 Å². The molecule has 1 N–H and O–H groups in total. The van der Waals surface area contributed by atoms with E-state index in [0.29, 0.717) is 5.69 Å². The van der Waals surface area contributed by atoms with Crippen LogP contribution in [0.4, 0.5) is 5.69 Å². The molecule has 8 nitrogen and oxygen atoms in total. The third-order valence-electron chi connectivity index (χ3n) is 4.24. The maximum Gasteiger partial charge on any atom is 0.332 e. The molecule has 0 unspecified atom stereocenters. The molecule has 27 heavy (non-hydrogen) atoms. The summed E-state index contributed by atoms with van der Waals surface area (Å²) in [6.07, 6.45) is 1.11. The number of halogens is 2. The molecule has 0 fully saturated rings. The van der Waals surface area contributed by atoms with Crippen molar-refractivity contribution in [2.45, 2.75) is 0 Å². The Morgan fingerprint density at radius 3 is 2.33 bits per heavy atom. The molecule has 0 aliphatic carbocycles. The largest absolute Gasteiger partial charge is 0.506 e. The smallest absolute Gasteiger partial charge is 0.332 e. The molecule has 0 radical (unpaired) electrons. The molecular formula is C17H14Cl2N4O4. The van der Waals surface area contributed by atoms with Gasteiger partial charge in [0.1, 0.15) is 22.3 Å². The van der Waals surface area contributed by atoms with Gasteiger partial charge in [0.05, 0.1) is 15.7 Å². The van der Waals surface area contributed by atoms with E-state index in [1.54, 1.807) is 18.2 Å². The van der Waals surface area contributed by atoms with Gasteiger partial charge >= 0.3 is 5.69 Å². The number of benzene rings is 1. The lowest BCUT2D eigenvalue weighted by atomic mass is 10.2. The number of aryl methyl sites for hydroxylation is 2. The fraction of sp³-hybridized carbons (Fsp3) is 0.176. The first kappa shape index (κ1) is 18.9. The number of fused-ring (bicyclic) bond motifs is 1. The molecule has 0 saturated heterocycles. The number of aromatic hydroxyl groups is 1. The summed E-state index contributed by atoms with van der Waals surface area (Å²) in [6.45, 7) is 0. The normalized spacial score (nSPS) is 11.6. The first-order valence-electron chi connectivity index (χ1n) is 7.66. The van der Waals surface area contributed by atoms with Gasteiger partial charge in [-0.2, -0.15) is 0 Å². The topological polar surface area (TPSA) is 98.6 Å². The van der Waals surface area contributed by atoms with E-state index in [4.69, 9.17) is 23.2 Å². The lowest BCUT2D eigenvalue weighted by Crippen LogP contribution is -2.40. The minimum Gasteiger partial charge on any atom is -0.506 e. The number of hydrogen-bond acceptors (Lipinski definition) is 5. The van der Waals surface area contributed by atoms with Gasteiger partial charge in [-0.05, 0) is 12.1 Å². The lowest BCUT2D eigenvalue weighted by molar-refractivity contribution is 0.476. The minimum absolute atomic E-state index is 0.00328. The number of hydrogen-bond donors (Lipinski definition) is 1. The maximum atomic E-state index is 12.7. The second-order valence-corrected chi connectivity index (χ2v) is 6.65. The lowest BCUT2D eigenvalue weighted by Gasteiger charge is -2.13. The Morgan fingerprint density at radius 1 is 1.00 bits per heavy atom. The zero-order chi connectivity index (χ0) is 20.0. The van der Waals surface area contributed by atoms with Gasteiger partial charge in [-0.3, -0.25) is 28.3 Å². The van der Waals surface area contributed by atoms with Crippen LogP contribution in [-0.4, -0.2) is 25.0 Å². The molecule has 0 atom stereocenters. The van der Waals surface area contributed by atoms with Gasteiger partial charge in [0.2, 0.25) is 0 Å². The van der Waals surface area contributed by atoms with Gasteiger partial charge in [-0.25, -0.2) is 4.79 Å². The van der Waals surface area contributed by atoms with Crippen LogP contribution >= 0.6 is 23.2 Å². The second-order valence-electron chi connectivity index (χ2n) is 5.86. The summed E-state index contributed by atoms with van der Waals surface area (Å²) in [5.41, 5.74) is -1.89. The molecule has 0 amide bonds. The maximum absolute atomic E-state index is 12.7. The van der Waals surface area contributed by atoms with E-state index >= 15 is 0 Å². The standard InChI is InChI=1S/C17H14Cl2N4O4/c1-21-14-11(16(26)23(3)17(27)22(14)2)13(24)8(15(21)25)7-20-10-6-4-5-9(18)12(10)19/h4-7,24H,1-3H3. The molecular weight excluding hydrogens is 395 g/mol. The molecule has 3 rings (SSSR count). The Labute approximate surface area is 162 Å². The Hall–Kier alpha value is -2.84. The van der Waals surface area contributed by atoms with Gasteiger partial charge in [0.25, 0.3) is 11.1 Å². The summed E-state index contributed by atoms with van der Waals surface area (Å²) >= 11 is 12.0. The second kappa shape index (κ2) is 6.71. The highest BCUT2D eigenvalue weighted by molar-refractivity contribution is 6.43. The molecule has 0 spiro atoms. The van der Waals surface area contributed by atoms with Gasteiger partial charge in [-0.15, -0.1) is 0 Å². The zero-order valence-corrected chi connectivity index (χ0v) is 16.0. The van der Waals surface area contributed by atoms with E-state index in [0.717, 1.165) is 19.9 Å². The molecule has 0 aliphatic rings. The fourth-order valence-electron chi connectivity index (χ4n) is 2.79. The van der Waals surface area contributed by atoms with Crippen molar-refractivity contribution in [3.05, 3.63) is 65.0 Å². The molecule has 2 heterocycles. The number of aromatic nitrogens is 3. The summed E-state index contributed by atoms with van der Waals surface area (Å²) in [5.74, 6) is -0.564. The fourth-order valence-corrected chi connectivity index (χ4v) is 3.13. The first-order valence-corrected chi connectivity index (χ1v) is 8.42. The monoisotopic (exact) mass is 408 g/mol. The van der Waals surface area contributed by atoms with Crippen LogP contribution in [0.5, 0.6) is 5.75 Å². The van der Waals surface area contributed by atoms with Crippen molar-refractivity contribution >= 4 is 46.1 Å². The highest BCUT2D eigenvalue weighted by Crippen LogP contribution is 2.32. The Kier molecular flexibility index (Phi) is 4.71. The SMILES string of the molecule is Cn1c(=O)c2c(O)c(C=Nc3cccc(Cl)c3Cl)c(=O)n(C)c2n(C)c1=O. The molecule has 0 bridgehead atoms. The van der Waals surface area contributed by atoms with Gasteiger partial charge in [0.15, 0.2) is 0 Å². The van der Waals surface area contributed by atoms with Crippen LogP contribution in [0.2, 0.25) is 10.0 Å². The molecule has 0 saturated carbocycles. The van der Waals surface area contributed by atoms with Gasteiger partial charge in [-0.1, -0.05) is 29.3 Å². The van der Waals surface area contributed by atoms with E-state index in [2.05, 4.69) is 4.99 Å². The number of aliphatic imine (C=N–C) groups is 1. The Balaban J connectivity index is 2.38. The summed E-state index contributed by atoms with van der Waals surface area (Å²) in [6, 6.07) is 4.79. The molecule has 0 aliphatic heterocycles. The van der Waals surface area contributed by atoms with E-state index in [1.807, 2.05) is 0 Å². The van der Waals surface area contributed by atoms with Crippen molar-refractivity contribution in [3.8, 4) is 5.75 Å². The highest BCUT2D eigenvalue weighted by atomic mass is 35.5. The van der Waals surface area contributed by atoms with E-state index in [-0.39, 0.29) is 26.6 Å². The highest BCUT2D eigenvalue weighted by Gasteiger charge is 2.20. The van der Waals surface area contributed by atoms with Crippen LogP contribution in [0.25, 0.3) is 11.0 Å². The first-order chi connectivity index (χ1) is 12.7. The third kappa shape index (κ3) is 2.87. The van der Waals surface area contributed by atoms with Crippen molar-refractivity contribution in [3.63, 3.8) is 0 Å². The van der Waals surface area contributed by atoms with Crippen molar-refractivity contribution in [2.75, 3.05) is 0 Å². The van der Waals surface area contributed by atoms with Crippen molar-refractivity contribution < 1.29 is 5.11 Å². The summed E-state index contributed by atoms with van der Waals surface area (Å²) < 4.78 is 3.08. The van der Waals surface area contributed by atoms with E-state index in [1.165, 1.54) is 21.1 Å². The Bertz CT molecular complexity index is 1300. The average molecular weight is 409 g/mol. The average Bonchev–Trinajstić information content (AvgIpc) is 2.64. The van der Waals surface area contributed by atoms with Crippen LogP contribution in [0, 0.1) is 0 Å². The molecule has 1 aromatic carbocycles. The van der Waals surface area contributed by atoms with Crippen molar-refractivity contribution in [2.24, 2.45) is 26.1 Å². The summed E-state index contributed by atoms with van der Waals surface area (Å²) in [4.78, 5) is 41.4. The van der Waals surface area contributed by atoms with Gasteiger partial charge in [0, 0.05) is 27.4 Å². The quantitative estimate of drug-likeness (QED) is 0.652. The zero-order valence-electron chi connectivity index (χ0n) is 14.5. The summed E-state index contributed by atoms with van der Waals surface area (Å²) in [7, 11) is 4.09. The van der Waals surface area contributed by atoms with E-state index < -0.39 is 22.6 Å². The van der Waals surface area contributed by atoms with Crippen LogP contribution in [0.15, 0.2) is 37.6 Å². The van der Waals surface area contributed by atoms with Crippen molar-refractivity contribution in [1.82, 2.24) is 13.7 Å². The Morgan fingerprint density at radius 2 is 1.67 bits per heavy atom. The molecule has 2 aromatic heterocycles. The van der Waals surface area contributed by atoms with Crippen LogP contribution in [-0.2, 0) is 21.1 Å². The predicted octanol–water partition coefficient (Wildman–Crippen LogP) is 1.70. The van der Waals surface area contributed by atoms with Crippen LogP contribution in [0.1, 0.15) is 5.56 Å². The number of rotatable bonds is 2. The van der Waals surface area contributed by atoms with Crippen molar-refractivity contribution in [1.29, 1.82) is 0 Å². The van der Waals surface area contributed by atoms with Crippen LogP contribution < -0.4 is 16.8 Å².